The highest BCUT2D eigenvalue weighted by atomic mass is 35.5. The van der Waals surface area contributed by atoms with Crippen LogP contribution < -0.4 is 32.8 Å². The molecule has 0 aliphatic heterocycles. The smallest absolute Gasteiger partial charge is 0.332 e. The maximum atomic E-state index is 12.8. The Kier molecular flexibility index (Phi) is 10.4. The molecule has 7 aromatic rings. The molecule has 0 radical (unpaired) electrons. The van der Waals surface area contributed by atoms with Gasteiger partial charge in [0, 0.05) is 42.2 Å². The first-order valence-electron chi connectivity index (χ1n) is 16.3. The molecule has 264 valence electrons. The van der Waals surface area contributed by atoms with E-state index in [1.54, 1.807) is 65.4 Å². The van der Waals surface area contributed by atoms with Crippen LogP contribution in [0.5, 0.6) is 5.75 Å². The molecule has 0 bridgehead atoms. The van der Waals surface area contributed by atoms with E-state index in [1.165, 1.54) is 9.08 Å². The summed E-state index contributed by atoms with van der Waals surface area (Å²) < 4.78 is 15.0. The number of hydrogen-bond acceptors (Lipinski definition) is 11. The minimum Gasteiger partial charge on any atom is -0.484 e. The first kappa shape index (κ1) is 34.8. The summed E-state index contributed by atoms with van der Waals surface area (Å²) in [7, 11) is 0. The fourth-order valence-corrected chi connectivity index (χ4v) is 5.55. The molecule has 2 aromatic carbocycles. The van der Waals surface area contributed by atoms with Crippen molar-refractivity contribution in [1.82, 2.24) is 44.0 Å². The van der Waals surface area contributed by atoms with Crippen molar-refractivity contribution in [2.45, 2.75) is 39.8 Å². The average molecular weight is 714 g/mol. The number of carbonyl (C=O) groups is 1. The second-order valence-electron chi connectivity index (χ2n) is 11.4. The molecule has 0 fully saturated rings. The number of ether oxygens (including phenoxy) is 1. The second-order valence-corrected chi connectivity index (χ2v) is 11.8. The van der Waals surface area contributed by atoms with Crippen molar-refractivity contribution in [3.63, 3.8) is 0 Å². The van der Waals surface area contributed by atoms with E-state index in [1.807, 2.05) is 13.8 Å². The summed E-state index contributed by atoms with van der Waals surface area (Å²) in [6, 6.07) is 15.9. The number of amides is 1. The summed E-state index contributed by atoms with van der Waals surface area (Å²) in [6.07, 6.45) is 2.99. The number of H-pyrrole nitrogens is 1. The summed E-state index contributed by atoms with van der Waals surface area (Å²) >= 11 is 6.03. The van der Waals surface area contributed by atoms with Crippen molar-refractivity contribution in [2.75, 3.05) is 25.4 Å². The minimum atomic E-state index is -0.364. The number of aromatic amines is 1. The van der Waals surface area contributed by atoms with E-state index in [4.69, 9.17) is 32.2 Å². The van der Waals surface area contributed by atoms with Crippen molar-refractivity contribution in [3.8, 4) is 28.7 Å². The second kappa shape index (κ2) is 15.3. The molecule has 51 heavy (non-hydrogen) atoms. The Morgan fingerprint density at radius 3 is 2.47 bits per heavy atom. The van der Waals surface area contributed by atoms with E-state index in [0.717, 1.165) is 22.9 Å². The number of aromatic nitrogens is 8. The zero-order valence-electron chi connectivity index (χ0n) is 27.9. The maximum absolute atomic E-state index is 12.8. The van der Waals surface area contributed by atoms with Gasteiger partial charge in [0.15, 0.2) is 23.7 Å². The van der Waals surface area contributed by atoms with Gasteiger partial charge >= 0.3 is 5.69 Å². The fourth-order valence-electron chi connectivity index (χ4n) is 5.38. The lowest BCUT2D eigenvalue weighted by molar-refractivity contribution is -0.123. The number of imidazole rings is 1. The van der Waals surface area contributed by atoms with Crippen LogP contribution in [-0.4, -0.2) is 64.3 Å². The molecule has 0 atom stereocenters. The van der Waals surface area contributed by atoms with Crippen LogP contribution in [0.1, 0.15) is 26.7 Å². The molecule has 0 saturated carbocycles. The number of benzene rings is 2. The maximum Gasteiger partial charge on any atom is 0.332 e. The molecule has 5 aromatic heterocycles. The van der Waals surface area contributed by atoms with Gasteiger partial charge in [-0.2, -0.15) is 4.52 Å². The first-order chi connectivity index (χ1) is 24.7. The lowest BCUT2D eigenvalue weighted by Crippen LogP contribution is -2.40. The molecule has 0 saturated heterocycles. The predicted octanol–water partition coefficient (Wildman–Crippen LogP) is 3.60. The van der Waals surface area contributed by atoms with Gasteiger partial charge in [0.2, 0.25) is 11.8 Å². The van der Waals surface area contributed by atoms with Gasteiger partial charge < -0.3 is 30.9 Å². The quantitative estimate of drug-likeness (QED) is 0.152. The summed E-state index contributed by atoms with van der Waals surface area (Å²) in [5.41, 5.74) is 13.3. The van der Waals surface area contributed by atoms with Gasteiger partial charge in [-0.25, -0.2) is 19.7 Å². The standard InChI is InChI=1S/C21H28N6O4.C13H8ClN5O/c1-3-11-26-19-17(20(29)27(12-4-2)21(26)30)24-18(25-19)14-5-7-15(8-6-14)31-13-16(28)23-10-9-22;14-7-3-4-9-8(6-7)12-17-11(10-2-1-5-20-10)18-19(12)13(15)16-9/h5-8H,3-4,9-13,22H2,1-2H3,(H,23,28)(H,24,25);1-6H,(H2,15,16). The number of halogens is 1. The van der Waals surface area contributed by atoms with Crippen LogP contribution >= 0.6 is 11.6 Å². The average Bonchev–Trinajstić information content (AvgIpc) is 3.92. The van der Waals surface area contributed by atoms with Crippen LogP contribution in [0.2, 0.25) is 5.02 Å². The van der Waals surface area contributed by atoms with Gasteiger partial charge in [0.1, 0.15) is 17.1 Å². The van der Waals surface area contributed by atoms with E-state index in [0.29, 0.717) is 77.6 Å². The van der Waals surface area contributed by atoms with Gasteiger partial charge in [-0.3, -0.25) is 18.7 Å². The van der Waals surface area contributed by atoms with E-state index < -0.39 is 0 Å². The fraction of sp³-hybridized carbons (Fsp3) is 0.265. The van der Waals surface area contributed by atoms with Gasteiger partial charge in [-0.05, 0) is 67.4 Å². The molecule has 0 spiro atoms. The van der Waals surface area contributed by atoms with Crippen molar-refractivity contribution in [3.05, 3.63) is 86.7 Å². The highest BCUT2D eigenvalue weighted by molar-refractivity contribution is 6.31. The largest absolute Gasteiger partial charge is 0.484 e. The number of furan rings is 1. The predicted molar refractivity (Wildman–Crippen MR) is 194 cm³/mol. The number of nitrogens with one attached hydrogen (secondary N) is 2. The molecule has 0 unspecified atom stereocenters. The molecule has 5 heterocycles. The number of nitrogen functional groups attached to an aromatic ring is 1. The van der Waals surface area contributed by atoms with E-state index in [2.05, 4.69) is 30.4 Å². The molecule has 6 N–H and O–H groups in total. The number of nitrogens with two attached hydrogens (primary N) is 2. The highest BCUT2D eigenvalue weighted by Gasteiger charge is 2.18. The van der Waals surface area contributed by atoms with E-state index in [-0.39, 0.29) is 29.7 Å². The number of rotatable bonds is 11. The Morgan fingerprint density at radius 1 is 1.00 bits per heavy atom. The van der Waals surface area contributed by atoms with Crippen LogP contribution in [0.25, 0.3) is 50.7 Å². The summed E-state index contributed by atoms with van der Waals surface area (Å²) in [5, 5.41) is 8.34. The van der Waals surface area contributed by atoms with Crippen molar-refractivity contribution < 1.29 is 13.9 Å². The monoisotopic (exact) mass is 713 g/mol. The van der Waals surface area contributed by atoms with E-state index in [9.17, 15) is 14.4 Å². The highest BCUT2D eigenvalue weighted by Crippen LogP contribution is 2.26. The van der Waals surface area contributed by atoms with Gasteiger partial charge in [-0.1, -0.05) is 25.4 Å². The Hall–Kier alpha value is -6.00. The lowest BCUT2D eigenvalue weighted by Gasteiger charge is -2.09. The molecular weight excluding hydrogens is 678 g/mol. The van der Waals surface area contributed by atoms with Crippen LogP contribution in [0.4, 0.5) is 5.95 Å². The van der Waals surface area contributed by atoms with Crippen LogP contribution in [0.15, 0.2) is 74.9 Å². The van der Waals surface area contributed by atoms with Crippen molar-refractivity contribution in [2.24, 2.45) is 5.73 Å². The zero-order valence-corrected chi connectivity index (χ0v) is 28.7. The molecule has 17 heteroatoms. The normalized spacial score (nSPS) is 11.2. The van der Waals surface area contributed by atoms with Gasteiger partial charge in [0.25, 0.3) is 11.5 Å². The molecule has 16 nitrogen and oxygen atoms in total. The number of aryl methyl sites for hydroxylation is 1. The molecule has 0 aliphatic rings. The Bertz CT molecular complexity index is 2430. The van der Waals surface area contributed by atoms with E-state index >= 15 is 0 Å². The first-order valence-corrected chi connectivity index (χ1v) is 16.7. The third kappa shape index (κ3) is 7.32. The number of nitrogens with zero attached hydrogens (tertiary/aromatic N) is 7. The Labute approximate surface area is 295 Å². The topological polar surface area (TPSA) is 219 Å². The Balaban J connectivity index is 0.000000191. The van der Waals surface area contributed by atoms with Gasteiger partial charge in [0.05, 0.1) is 11.8 Å². The van der Waals surface area contributed by atoms with Crippen LogP contribution in [0.3, 0.4) is 0 Å². The SMILES string of the molecule is CCCn1c(=O)c2[nH]c(-c3ccc(OCC(=O)NCCN)cc3)nc2n(CCC)c1=O.Nc1nc2ccc(Cl)cc2c2nc(-c3ccco3)nn12. The summed E-state index contributed by atoms with van der Waals surface area (Å²) in [5.74, 6) is 2.05. The number of anilines is 1. The van der Waals surface area contributed by atoms with Crippen LogP contribution in [0, 0.1) is 0 Å². The molecule has 1 amide bonds. The summed E-state index contributed by atoms with van der Waals surface area (Å²) in [4.78, 5) is 53.6. The van der Waals surface area contributed by atoms with Crippen molar-refractivity contribution in [1.29, 1.82) is 0 Å². The van der Waals surface area contributed by atoms with Gasteiger partial charge in [-0.15, -0.1) is 5.10 Å². The van der Waals surface area contributed by atoms with Crippen molar-refractivity contribution >= 4 is 51.2 Å². The third-order valence-corrected chi connectivity index (χ3v) is 7.96. The summed E-state index contributed by atoms with van der Waals surface area (Å²) in [6.45, 7) is 5.38. The lowest BCUT2D eigenvalue weighted by atomic mass is 10.2. The number of carbonyl (C=O) groups excluding carboxylic acids is 1. The molecule has 0 aliphatic carbocycles. The zero-order chi connectivity index (χ0) is 36.1. The molecule has 7 rings (SSSR count). The minimum absolute atomic E-state index is 0.107. The molecular formula is C34H36ClN11O5. The number of fused-ring (bicyclic) bond motifs is 4. The number of hydrogen-bond donors (Lipinski definition) is 4. The van der Waals surface area contributed by atoms with Crippen LogP contribution in [-0.2, 0) is 17.9 Å². The Morgan fingerprint density at radius 2 is 1.76 bits per heavy atom. The third-order valence-electron chi connectivity index (χ3n) is 7.72.